The van der Waals surface area contributed by atoms with E-state index in [1.165, 1.54) is 0 Å². The van der Waals surface area contributed by atoms with Crippen LogP contribution in [-0.2, 0) is 13.4 Å². The Kier molecular flexibility index (Phi) is 3.32. The fourth-order valence-corrected chi connectivity index (χ4v) is 4.59. The number of fused-ring (bicyclic) bond motifs is 2. The second kappa shape index (κ2) is 4.18. The second-order valence-corrected chi connectivity index (χ2v) is 7.30. The summed E-state index contributed by atoms with van der Waals surface area (Å²) in [6, 6.07) is 0. The van der Waals surface area contributed by atoms with E-state index in [2.05, 4.69) is 4.31 Å². The topological polar surface area (TPSA) is 120 Å². The van der Waals surface area contributed by atoms with Gasteiger partial charge >= 0.3 is 15.6 Å². The maximum Gasteiger partial charge on any atom is 0.477 e. The van der Waals surface area contributed by atoms with Crippen LogP contribution in [0.5, 0.6) is 0 Å². The van der Waals surface area contributed by atoms with Gasteiger partial charge in [-0.05, 0) is 37.5 Å². The highest BCUT2D eigenvalue weighted by Gasteiger charge is 2.43. The van der Waals surface area contributed by atoms with E-state index in [0.29, 0.717) is 11.8 Å². The Bertz CT molecular complexity index is 368. The van der Waals surface area contributed by atoms with Gasteiger partial charge in [0.15, 0.2) is 0 Å². The number of hydrogen-bond donors (Lipinski definition) is 4. The van der Waals surface area contributed by atoms with Crippen LogP contribution < -0.4 is 0 Å². The molecule has 0 aliphatic heterocycles. The molecule has 0 aromatic carbocycles. The van der Waals surface area contributed by atoms with Crippen molar-refractivity contribution in [1.29, 1.82) is 5.16 Å². The van der Waals surface area contributed by atoms with Crippen LogP contribution in [0, 0.1) is 17.0 Å². The fraction of sp³-hybridized carbons (Fsp3) is 1.00. The Balaban J connectivity index is 1.94. The SMILES string of the molecule is N=P(O)(OC1CC2CCC1C2)OP(=O)(O)O. The Morgan fingerprint density at radius 2 is 1.88 bits per heavy atom. The molecule has 0 radical (unpaired) electrons. The highest BCUT2D eigenvalue weighted by Crippen LogP contribution is 2.61. The van der Waals surface area contributed by atoms with Gasteiger partial charge in [0.1, 0.15) is 0 Å². The van der Waals surface area contributed by atoms with Crippen molar-refractivity contribution in [3.8, 4) is 0 Å². The number of nitrogens with one attached hydrogen (secondary N) is 1. The molecule has 4 atom stereocenters. The van der Waals surface area contributed by atoms with Crippen LogP contribution in [0.2, 0.25) is 0 Å². The molecule has 2 aliphatic rings. The van der Waals surface area contributed by atoms with E-state index in [1.54, 1.807) is 0 Å². The molecule has 16 heavy (non-hydrogen) atoms. The third kappa shape index (κ3) is 3.14. The molecule has 94 valence electrons. The molecule has 0 heterocycles. The summed E-state index contributed by atoms with van der Waals surface area (Å²) < 4.78 is 19.5. The van der Waals surface area contributed by atoms with Crippen molar-refractivity contribution < 1.29 is 28.1 Å². The summed E-state index contributed by atoms with van der Waals surface area (Å²) in [5.41, 5.74) is 0. The molecular formula is C7H15NO6P2. The predicted molar refractivity (Wildman–Crippen MR) is 55.3 cm³/mol. The summed E-state index contributed by atoms with van der Waals surface area (Å²) in [5.74, 6) is 0.854. The summed E-state index contributed by atoms with van der Waals surface area (Å²) in [6.45, 7) is 0. The first-order chi connectivity index (χ1) is 7.25. The lowest BCUT2D eigenvalue weighted by molar-refractivity contribution is 0.107. The molecule has 2 rings (SSSR count). The Morgan fingerprint density at radius 3 is 2.31 bits per heavy atom. The van der Waals surface area contributed by atoms with Gasteiger partial charge in [-0.15, -0.1) is 0 Å². The van der Waals surface area contributed by atoms with Crippen LogP contribution in [0.25, 0.3) is 0 Å². The molecule has 2 aliphatic carbocycles. The van der Waals surface area contributed by atoms with Crippen molar-refractivity contribution in [3.63, 3.8) is 0 Å². The summed E-state index contributed by atoms with van der Waals surface area (Å²) in [4.78, 5) is 26.4. The largest absolute Gasteiger partial charge is 0.477 e. The monoisotopic (exact) mass is 271 g/mol. The molecule has 9 heteroatoms. The minimum Gasteiger partial charge on any atom is -0.318 e. The second-order valence-electron chi connectivity index (χ2n) is 4.41. The van der Waals surface area contributed by atoms with E-state index in [4.69, 9.17) is 19.5 Å². The number of hydrogen-bond acceptors (Lipinski definition) is 4. The maximum absolute atomic E-state index is 10.5. The van der Waals surface area contributed by atoms with Crippen LogP contribution in [0.15, 0.2) is 0 Å². The molecule has 2 fully saturated rings. The van der Waals surface area contributed by atoms with Crippen molar-refractivity contribution in [3.05, 3.63) is 0 Å². The average Bonchev–Trinajstić information content (AvgIpc) is 2.57. The van der Waals surface area contributed by atoms with Crippen LogP contribution in [-0.4, -0.2) is 20.8 Å². The van der Waals surface area contributed by atoms with Crippen LogP contribution >= 0.6 is 15.6 Å². The standard InChI is InChI=1S/C7H15NO6P2/c8-15(9,14-16(10,11)12)13-7-4-5-1-2-6(7)3-5/h5-7H,1-4H2,(H2,8,9)(H2,10,11,12). The van der Waals surface area contributed by atoms with E-state index in [-0.39, 0.29) is 6.10 Å². The van der Waals surface area contributed by atoms with E-state index >= 15 is 0 Å². The maximum atomic E-state index is 10.5. The van der Waals surface area contributed by atoms with Gasteiger partial charge in [0, 0.05) is 0 Å². The van der Waals surface area contributed by atoms with Crippen molar-refractivity contribution >= 4 is 15.6 Å². The average molecular weight is 271 g/mol. The third-order valence-electron chi connectivity index (χ3n) is 3.17. The molecule has 2 bridgehead atoms. The van der Waals surface area contributed by atoms with Gasteiger partial charge in [0.2, 0.25) is 0 Å². The number of phosphoric acid groups is 1. The summed E-state index contributed by atoms with van der Waals surface area (Å²) in [7, 11) is -9.03. The van der Waals surface area contributed by atoms with Gasteiger partial charge in [-0.2, -0.15) is 0 Å². The molecule has 0 amide bonds. The van der Waals surface area contributed by atoms with Crippen molar-refractivity contribution in [2.75, 3.05) is 0 Å². The van der Waals surface area contributed by atoms with E-state index in [1.807, 2.05) is 0 Å². The van der Waals surface area contributed by atoms with Gasteiger partial charge in [-0.3, -0.25) is 4.52 Å². The van der Waals surface area contributed by atoms with Gasteiger partial charge in [0.25, 0.3) is 0 Å². The molecule has 4 N–H and O–H groups in total. The normalized spacial score (nSPS) is 37.6. The molecule has 0 spiro atoms. The first kappa shape index (κ1) is 12.7. The van der Waals surface area contributed by atoms with Gasteiger partial charge in [-0.25, -0.2) is 14.0 Å². The quantitative estimate of drug-likeness (QED) is 0.579. The number of rotatable bonds is 4. The zero-order valence-electron chi connectivity index (χ0n) is 8.52. The summed E-state index contributed by atoms with van der Waals surface area (Å²) in [6.07, 6.45) is 3.60. The van der Waals surface area contributed by atoms with Gasteiger partial charge < -0.3 is 14.7 Å². The summed E-state index contributed by atoms with van der Waals surface area (Å²) in [5, 5.41) is 7.26. The molecule has 2 saturated carbocycles. The first-order valence-corrected chi connectivity index (χ1v) is 8.18. The summed E-state index contributed by atoms with van der Waals surface area (Å²) >= 11 is 0. The lowest BCUT2D eigenvalue weighted by Crippen LogP contribution is -2.19. The van der Waals surface area contributed by atoms with E-state index in [0.717, 1.165) is 25.7 Å². The highest BCUT2D eigenvalue weighted by molar-refractivity contribution is 7.61. The van der Waals surface area contributed by atoms with Crippen molar-refractivity contribution in [2.24, 2.45) is 11.8 Å². The molecule has 7 nitrogen and oxygen atoms in total. The molecule has 4 unspecified atom stereocenters. The molecule has 0 aromatic heterocycles. The van der Waals surface area contributed by atoms with Gasteiger partial charge in [0.05, 0.1) is 6.10 Å². The minimum atomic E-state index is -4.87. The highest BCUT2D eigenvalue weighted by atomic mass is 31.3. The first-order valence-electron chi connectivity index (χ1n) is 5.07. The van der Waals surface area contributed by atoms with Crippen molar-refractivity contribution in [2.45, 2.75) is 31.8 Å². The van der Waals surface area contributed by atoms with Crippen LogP contribution in [0.4, 0.5) is 0 Å². The lowest BCUT2D eigenvalue weighted by Gasteiger charge is -2.25. The zero-order valence-corrected chi connectivity index (χ0v) is 10.3. The fourth-order valence-electron chi connectivity index (χ4n) is 2.66. The third-order valence-corrected chi connectivity index (χ3v) is 5.46. The molecule has 0 saturated heterocycles. The van der Waals surface area contributed by atoms with Crippen LogP contribution in [0.3, 0.4) is 0 Å². The molecular weight excluding hydrogens is 256 g/mol. The predicted octanol–water partition coefficient (Wildman–Crippen LogP) is 1.82. The van der Waals surface area contributed by atoms with Crippen molar-refractivity contribution in [1.82, 2.24) is 0 Å². The zero-order chi connectivity index (χ0) is 12.0. The van der Waals surface area contributed by atoms with E-state index in [9.17, 15) is 9.46 Å². The Morgan fingerprint density at radius 1 is 1.19 bits per heavy atom. The minimum absolute atomic E-state index is 0.291. The van der Waals surface area contributed by atoms with Crippen LogP contribution in [0.1, 0.15) is 25.7 Å². The van der Waals surface area contributed by atoms with E-state index < -0.39 is 15.6 Å². The molecule has 0 aromatic rings. The Hall–Kier alpha value is 0.260. The Labute approximate surface area is 93.1 Å². The van der Waals surface area contributed by atoms with Gasteiger partial charge in [-0.1, -0.05) is 0 Å². The lowest BCUT2D eigenvalue weighted by atomic mass is 9.98. The smallest absolute Gasteiger partial charge is 0.318 e.